The Hall–Kier alpha value is -2.48. The lowest BCUT2D eigenvalue weighted by Crippen LogP contribution is -2.66. The standard InChI is InChI=1S/C29H37NO6/c1-6-30(19-10-8-7-9-11-19)26(34)36-25-16(2)14-28-17(3)12-21-22(27(21,4)5)20(24(28)33)13-18(15-31)23(32)29(25,28)35/h7-11,13-14,17,20-23,25,31-32,35H,6,12,15H2,1-5H3/t17-,20+,21-,22+,23-,25+,28+,29+/m1/s1. The summed E-state index contributed by atoms with van der Waals surface area (Å²) >= 11 is 0. The van der Waals surface area contributed by atoms with Gasteiger partial charge in [-0.15, -0.1) is 0 Å². The number of carbonyl (C=O) groups excluding carboxylic acids is 2. The molecule has 2 fully saturated rings. The number of Topliss-reactive ketones (excluding diaryl/α,β-unsaturated/α-hetero) is 1. The molecule has 8 atom stereocenters. The van der Waals surface area contributed by atoms with Crippen LogP contribution in [0.25, 0.3) is 0 Å². The van der Waals surface area contributed by atoms with Crippen molar-refractivity contribution in [3.05, 3.63) is 53.6 Å². The van der Waals surface area contributed by atoms with Crippen molar-refractivity contribution in [1.29, 1.82) is 0 Å². The Morgan fingerprint density at radius 2 is 1.89 bits per heavy atom. The second-order valence-corrected chi connectivity index (χ2v) is 11.7. The van der Waals surface area contributed by atoms with Crippen molar-refractivity contribution in [2.24, 2.45) is 34.5 Å². The lowest BCUT2D eigenvalue weighted by atomic mass is 9.59. The Morgan fingerprint density at radius 3 is 2.50 bits per heavy atom. The number of amides is 1. The van der Waals surface area contributed by atoms with Gasteiger partial charge in [0.25, 0.3) is 0 Å². The number of ketones is 1. The van der Waals surface area contributed by atoms with Crippen LogP contribution in [-0.2, 0) is 9.53 Å². The van der Waals surface area contributed by atoms with Gasteiger partial charge >= 0.3 is 6.09 Å². The van der Waals surface area contributed by atoms with Crippen LogP contribution in [0.5, 0.6) is 0 Å². The number of carbonyl (C=O) groups is 2. The van der Waals surface area contributed by atoms with E-state index in [9.17, 15) is 24.9 Å². The highest BCUT2D eigenvalue weighted by Crippen LogP contribution is 2.71. The van der Waals surface area contributed by atoms with Crippen LogP contribution in [-0.4, -0.2) is 58.2 Å². The van der Waals surface area contributed by atoms with Crippen molar-refractivity contribution in [1.82, 2.24) is 0 Å². The molecule has 0 aliphatic heterocycles. The van der Waals surface area contributed by atoms with Crippen molar-refractivity contribution in [3.63, 3.8) is 0 Å². The smallest absolute Gasteiger partial charge is 0.414 e. The second-order valence-electron chi connectivity index (χ2n) is 11.7. The van der Waals surface area contributed by atoms with Crippen LogP contribution in [0.4, 0.5) is 10.5 Å². The van der Waals surface area contributed by atoms with Crippen LogP contribution in [0.15, 0.2) is 53.6 Å². The molecule has 0 radical (unpaired) electrons. The summed E-state index contributed by atoms with van der Waals surface area (Å²) in [6.45, 7) is 9.65. The van der Waals surface area contributed by atoms with Gasteiger partial charge in [-0.25, -0.2) is 4.79 Å². The molecule has 1 aromatic carbocycles. The third kappa shape index (κ3) is 3.09. The summed E-state index contributed by atoms with van der Waals surface area (Å²) in [6, 6.07) is 9.08. The van der Waals surface area contributed by atoms with Gasteiger partial charge in [0.1, 0.15) is 6.10 Å². The largest absolute Gasteiger partial charge is 0.438 e. The molecule has 1 amide bonds. The fourth-order valence-electron chi connectivity index (χ4n) is 7.78. The van der Waals surface area contributed by atoms with Gasteiger partial charge in [-0.05, 0) is 66.7 Å². The molecule has 1 aromatic rings. The molecule has 1 spiro atoms. The molecule has 194 valence electrons. The zero-order valence-electron chi connectivity index (χ0n) is 21.6. The van der Waals surface area contributed by atoms with Gasteiger partial charge in [-0.1, -0.05) is 51.1 Å². The van der Waals surface area contributed by atoms with Gasteiger partial charge in [0, 0.05) is 18.2 Å². The molecule has 4 aliphatic rings. The fraction of sp³-hybridized carbons (Fsp3) is 0.586. The monoisotopic (exact) mass is 495 g/mol. The van der Waals surface area contributed by atoms with Crippen LogP contribution in [0.2, 0.25) is 0 Å². The van der Waals surface area contributed by atoms with Gasteiger partial charge in [0.15, 0.2) is 17.5 Å². The van der Waals surface area contributed by atoms with Crippen LogP contribution in [0, 0.1) is 34.5 Å². The van der Waals surface area contributed by atoms with Crippen molar-refractivity contribution >= 4 is 17.6 Å². The maximum atomic E-state index is 14.4. The highest BCUT2D eigenvalue weighted by atomic mass is 16.6. The number of aliphatic hydroxyl groups excluding tert-OH is 2. The average Bonchev–Trinajstić information content (AvgIpc) is 3.34. The molecule has 36 heavy (non-hydrogen) atoms. The third-order valence-electron chi connectivity index (χ3n) is 9.72. The molecular weight excluding hydrogens is 458 g/mol. The number of hydrogen-bond acceptors (Lipinski definition) is 6. The number of anilines is 1. The topological polar surface area (TPSA) is 107 Å². The predicted octanol–water partition coefficient (Wildman–Crippen LogP) is 3.49. The SMILES string of the molecule is CCN(C(=O)O[C@H]1C(C)=C[C@]23C(=O)[C@@H](C=C(CO)[C@@H](O)[C@]12O)[C@H]1[C@@H](C[C@H]3C)C1(C)C)c1ccccc1. The molecule has 3 N–H and O–H groups in total. The highest BCUT2D eigenvalue weighted by molar-refractivity contribution is 5.96. The molecular formula is C29H37NO6. The number of nitrogens with zero attached hydrogens (tertiary/aromatic N) is 1. The molecule has 7 nitrogen and oxygen atoms in total. The van der Waals surface area contributed by atoms with Crippen molar-refractivity contribution in [2.45, 2.75) is 58.8 Å². The van der Waals surface area contributed by atoms with E-state index in [1.165, 1.54) is 4.90 Å². The lowest BCUT2D eigenvalue weighted by molar-refractivity contribution is -0.189. The van der Waals surface area contributed by atoms with E-state index in [0.717, 1.165) is 0 Å². The van der Waals surface area contributed by atoms with E-state index in [4.69, 9.17) is 4.74 Å². The van der Waals surface area contributed by atoms with E-state index in [-0.39, 0.29) is 28.6 Å². The Labute approximate surface area is 212 Å². The summed E-state index contributed by atoms with van der Waals surface area (Å²) in [5.41, 5.74) is -2.24. The normalized spacial score (nSPS) is 40.2. The Bertz CT molecular complexity index is 1140. The minimum atomic E-state index is -2.14. The van der Waals surface area contributed by atoms with E-state index in [1.54, 1.807) is 31.2 Å². The van der Waals surface area contributed by atoms with E-state index in [2.05, 4.69) is 13.8 Å². The Kier molecular flexibility index (Phi) is 5.78. The number of benzene rings is 1. The first kappa shape index (κ1) is 25.2. The van der Waals surface area contributed by atoms with Gasteiger partial charge in [-0.3, -0.25) is 9.69 Å². The zero-order valence-corrected chi connectivity index (χ0v) is 21.6. The number of para-hydroxylation sites is 1. The van der Waals surface area contributed by atoms with Crippen LogP contribution in [0.3, 0.4) is 0 Å². The first-order valence-corrected chi connectivity index (χ1v) is 13.0. The van der Waals surface area contributed by atoms with Gasteiger partial charge in [0.05, 0.1) is 12.0 Å². The fourth-order valence-corrected chi connectivity index (χ4v) is 7.78. The van der Waals surface area contributed by atoms with Crippen molar-refractivity contribution in [2.75, 3.05) is 18.1 Å². The van der Waals surface area contributed by atoms with E-state index >= 15 is 0 Å². The molecule has 2 saturated carbocycles. The van der Waals surface area contributed by atoms with Crippen molar-refractivity contribution < 1.29 is 29.6 Å². The molecule has 2 bridgehead atoms. The number of rotatable bonds is 4. The second kappa shape index (κ2) is 8.27. The van der Waals surface area contributed by atoms with Gasteiger partial charge in [-0.2, -0.15) is 0 Å². The molecule has 4 aliphatic carbocycles. The summed E-state index contributed by atoms with van der Waals surface area (Å²) in [6.07, 6.45) is 0.647. The number of fused-ring (bicyclic) bond motifs is 3. The molecule has 0 saturated heterocycles. The lowest BCUT2D eigenvalue weighted by Gasteiger charge is -2.49. The highest BCUT2D eigenvalue weighted by Gasteiger charge is 2.76. The minimum Gasteiger partial charge on any atom is -0.438 e. The number of allylic oxidation sites excluding steroid dienone is 1. The quantitative estimate of drug-likeness (QED) is 0.552. The first-order valence-electron chi connectivity index (χ1n) is 13.0. The van der Waals surface area contributed by atoms with Crippen molar-refractivity contribution in [3.8, 4) is 0 Å². The van der Waals surface area contributed by atoms with E-state index in [0.29, 0.717) is 30.1 Å². The molecule has 0 aromatic heterocycles. The molecule has 5 rings (SSSR count). The Morgan fingerprint density at radius 1 is 1.22 bits per heavy atom. The minimum absolute atomic E-state index is 0.0405. The van der Waals surface area contributed by atoms with Gasteiger partial charge < -0.3 is 20.1 Å². The number of aliphatic hydroxyl groups is 3. The predicted molar refractivity (Wildman–Crippen MR) is 135 cm³/mol. The molecule has 0 unspecified atom stereocenters. The third-order valence-corrected chi connectivity index (χ3v) is 9.72. The average molecular weight is 496 g/mol. The van der Waals surface area contributed by atoms with E-state index < -0.39 is 41.8 Å². The van der Waals surface area contributed by atoms with Crippen LogP contribution in [0.1, 0.15) is 41.0 Å². The van der Waals surface area contributed by atoms with Gasteiger partial charge in [0.2, 0.25) is 0 Å². The maximum absolute atomic E-state index is 14.4. The zero-order chi connectivity index (χ0) is 26.2. The van der Waals surface area contributed by atoms with Crippen LogP contribution < -0.4 is 4.90 Å². The Balaban J connectivity index is 1.60. The summed E-state index contributed by atoms with van der Waals surface area (Å²) in [7, 11) is 0. The number of hydrogen-bond donors (Lipinski definition) is 3. The summed E-state index contributed by atoms with van der Waals surface area (Å²) in [5.74, 6) is -0.625. The van der Waals surface area contributed by atoms with E-state index in [1.807, 2.05) is 32.0 Å². The molecule has 7 heteroatoms. The summed E-state index contributed by atoms with van der Waals surface area (Å²) < 4.78 is 5.97. The summed E-state index contributed by atoms with van der Waals surface area (Å²) in [5, 5.41) is 34.3. The maximum Gasteiger partial charge on any atom is 0.414 e. The number of ether oxygens (including phenoxy) is 1. The van der Waals surface area contributed by atoms with Crippen LogP contribution >= 0.6 is 0 Å². The first-order chi connectivity index (χ1) is 17.0. The summed E-state index contributed by atoms with van der Waals surface area (Å²) in [4.78, 5) is 29.3. The molecule has 0 heterocycles.